The van der Waals surface area contributed by atoms with Gasteiger partial charge in [0.25, 0.3) is 5.91 Å². The summed E-state index contributed by atoms with van der Waals surface area (Å²) < 4.78 is 6.36. The molecule has 8 heteroatoms. The summed E-state index contributed by atoms with van der Waals surface area (Å²) in [7, 11) is 6.12. The fourth-order valence-corrected chi connectivity index (χ4v) is 4.73. The number of likely N-dealkylation sites (N-methyl/N-ethyl adjacent to an activating group) is 1. The molecule has 0 bridgehead atoms. The SMILES string of the molecule is Cc1ncc2c(n1)N(C)CCN(c1cccc(COC(CCN(C)C)c3cccs3)c1)C2=O. The van der Waals surface area contributed by atoms with Crippen LogP contribution in [-0.4, -0.2) is 61.6 Å². The molecular formula is C25H31N5O2S. The van der Waals surface area contributed by atoms with Crippen LogP contribution in [0.4, 0.5) is 11.5 Å². The van der Waals surface area contributed by atoms with Gasteiger partial charge in [0.1, 0.15) is 17.2 Å². The van der Waals surface area contributed by atoms with E-state index in [1.807, 2.05) is 35.9 Å². The van der Waals surface area contributed by atoms with Crippen LogP contribution in [0.5, 0.6) is 0 Å². The van der Waals surface area contributed by atoms with Crippen molar-refractivity contribution in [2.75, 3.05) is 50.6 Å². The zero-order valence-corrected chi connectivity index (χ0v) is 20.5. The molecule has 3 heterocycles. The number of aryl methyl sites for hydroxylation is 1. The van der Waals surface area contributed by atoms with Gasteiger partial charge in [-0.05, 0) is 56.6 Å². The topological polar surface area (TPSA) is 61.8 Å². The first-order valence-electron chi connectivity index (χ1n) is 11.2. The maximum absolute atomic E-state index is 13.4. The Labute approximate surface area is 199 Å². The molecule has 3 aromatic rings. The van der Waals surface area contributed by atoms with Crippen molar-refractivity contribution in [1.29, 1.82) is 0 Å². The fourth-order valence-electron chi connectivity index (χ4n) is 3.92. The molecule has 0 spiro atoms. The second kappa shape index (κ2) is 10.4. The maximum atomic E-state index is 13.4. The van der Waals surface area contributed by atoms with Crippen molar-refractivity contribution in [3.63, 3.8) is 0 Å². The lowest BCUT2D eigenvalue weighted by atomic mass is 10.1. The van der Waals surface area contributed by atoms with E-state index in [4.69, 9.17) is 4.74 Å². The second-order valence-corrected chi connectivity index (χ2v) is 9.59. The highest BCUT2D eigenvalue weighted by Gasteiger charge is 2.27. The number of rotatable bonds is 8. The van der Waals surface area contributed by atoms with E-state index < -0.39 is 0 Å². The van der Waals surface area contributed by atoms with Gasteiger partial charge in [0.15, 0.2) is 0 Å². The molecule has 0 saturated heterocycles. The highest BCUT2D eigenvalue weighted by atomic mass is 32.1. The molecule has 0 radical (unpaired) electrons. The molecule has 1 amide bonds. The number of anilines is 2. The number of aromatic nitrogens is 2. The quantitative estimate of drug-likeness (QED) is 0.498. The minimum absolute atomic E-state index is 0.0526. The Hall–Kier alpha value is -2.81. The minimum atomic E-state index is -0.0742. The first kappa shape index (κ1) is 23.4. The molecule has 1 aromatic carbocycles. The predicted molar refractivity (Wildman–Crippen MR) is 133 cm³/mol. The lowest BCUT2D eigenvalue weighted by Gasteiger charge is -2.22. The van der Waals surface area contributed by atoms with Gasteiger partial charge in [0.05, 0.1) is 12.7 Å². The highest BCUT2D eigenvalue weighted by Crippen LogP contribution is 2.29. The van der Waals surface area contributed by atoms with Crippen LogP contribution in [0.25, 0.3) is 0 Å². The van der Waals surface area contributed by atoms with E-state index in [1.54, 1.807) is 17.5 Å². The van der Waals surface area contributed by atoms with Crippen molar-refractivity contribution in [2.45, 2.75) is 26.1 Å². The monoisotopic (exact) mass is 465 g/mol. The van der Waals surface area contributed by atoms with Crippen LogP contribution < -0.4 is 9.80 Å². The molecule has 0 fully saturated rings. The first-order valence-corrected chi connectivity index (χ1v) is 12.1. The Morgan fingerprint density at radius 2 is 2.06 bits per heavy atom. The summed E-state index contributed by atoms with van der Waals surface area (Å²) in [6.07, 6.45) is 2.62. The molecule has 33 heavy (non-hydrogen) atoms. The number of benzene rings is 1. The van der Waals surface area contributed by atoms with E-state index >= 15 is 0 Å². The van der Waals surface area contributed by atoms with E-state index in [0.717, 1.165) is 24.2 Å². The summed E-state index contributed by atoms with van der Waals surface area (Å²) in [6, 6.07) is 12.3. The molecule has 174 valence electrons. The maximum Gasteiger partial charge on any atom is 0.263 e. The number of hydrogen-bond acceptors (Lipinski definition) is 7. The van der Waals surface area contributed by atoms with Gasteiger partial charge in [-0.1, -0.05) is 18.2 Å². The van der Waals surface area contributed by atoms with Gasteiger partial charge in [0, 0.05) is 43.4 Å². The Balaban J connectivity index is 1.51. The van der Waals surface area contributed by atoms with E-state index in [9.17, 15) is 4.79 Å². The van der Waals surface area contributed by atoms with E-state index in [-0.39, 0.29) is 12.0 Å². The van der Waals surface area contributed by atoms with Crippen molar-refractivity contribution in [3.8, 4) is 0 Å². The standard InChI is InChI=1S/C25H31N5O2S/c1-18-26-16-21-24(27-18)29(4)12-13-30(25(21)31)20-8-5-7-19(15-20)17-32-22(10-11-28(2)3)23-9-6-14-33-23/h5-9,14-16,22H,10-13,17H2,1-4H3. The molecular weight excluding hydrogens is 434 g/mol. The third-order valence-electron chi connectivity index (χ3n) is 5.76. The Kier molecular flexibility index (Phi) is 7.37. The van der Waals surface area contributed by atoms with Crippen molar-refractivity contribution in [2.24, 2.45) is 0 Å². The molecule has 0 saturated carbocycles. The summed E-state index contributed by atoms with van der Waals surface area (Å²) in [6.45, 7) is 4.56. The average molecular weight is 466 g/mol. The number of carbonyl (C=O) groups excluding carboxylic acids is 1. The fraction of sp³-hybridized carbons (Fsp3) is 0.400. The zero-order valence-electron chi connectivity index (χ0n) is 19.7. The van der Waals surface area contributed by atoms with Gasteiger partial charge in [-0.25, -0.2) is 9.97 Å². The van der Waals surface area contributed by atoms with Crippen molar-refractivity contribution in [3.05, 3.63) is 69.8 Å². The molecule has 1 unspecified atom stereocenters. The summed E-state index contributed by atoms with van der Waals surface area (Å²) >= 11 is 1.73. The molecule has 1 atom stereocenters. The molecule has 7 nitrogen and oxygen atoms in total. The molecule has 0 aliphatic carbocycles. The highest BCUT2D eigenvalue weighted by molar-refractivity contribution is 7.10. The van der Waals surface area contributed by atoms with Crippen LogP contribution >= 0.6 is 11.3 Å². The van der Waals surface area contributed by atoms with Crippen LogP contribution in [0.2, 0.25) is 0 Å². The van der Waals surface area contributed by atoms with Crippen LogP contribution in [0, 0.1) is 6.92 Å². The number of carbonyl (C=O) groups is 1. The number of fused-ring (bicyclic) bond motifs is 1. The number of nitrogens with zero attached hydrogens (tertiary/aromatic N) is 5. The van der Waals surface area contributed by atoms with Gasteiger partial charge in [0.2, 0.25) is 0 Å². The predicted octanol–water partition coefficient (Wildman–Crippen LogP) is 4.15. The third-order valence-corrected chi connectivity index (χ3v) is 6.72. The largest absolute Gasteiger partial charge is 0.368 e. The van der Waals surface area contributed by atoms with Crippen molar-refractivity contribution >= 4 is 28.7 Å². The number of ether oxygens (including phenoxy) is 1. The molecule has 1 aliphatic heterocycles. The Morgan fingerprint density at radius 1 is 1.21 bits per heavy atom. The van der Waals surface area contributed by atoms with Crippen LogP contribution in [0.15, 0.2) is 48.0 Å². The van der Waals surface area contributed by atoms with E-state index in [2.05, 4.69) is 58.6 Å². The summed E-state index contributed by atoms with van der Waals surface area (Å²) in [5.74, 6) is 1.28. The number of thiophene rings is 1. The average Bonchev–Trinajstić information content (AvgIpc) is 3.30. The molecule has 2 aromatic heterocycles. The van der Waals surface area contributed by atoms with E-state index in [1.165, 1.54) is 4.88 Å². The molecule has 0 N–H and O–H groups in total. The zero-order chi connectivity index (χ0) is 23.4. The lowest BCUT2D eigenvalue weighted by Crippen LogP contribution is -2.33. The second-order valence-electron chi connectivity index (χ2n) is 8.61. The first-order chi connectivity index (χ1) is 15.9. The number of hydrogen-bond donors (Lipinski definition) is 0. The van der Waals surface area contributed by atoms with Crippen molar-refractivity contribution < 1.29 is 9.53 Å². The summed E-state index contributed by atoms with van der Waals surface area (Å²) in [4.78, 5) is 29.4. The van der Waals surface area contributed by atoms with Gasteiger partial charge in [-0.2, -0.15) is 0 Å². The van der Waals surface area contributed by atoms with Crippen LogP contribution in [-0.2, 0) is 11.3 Å². The Morgan fingerprint density at radius 3 is 2.82 bits per heavy atom. The third kappa shape index (κ3) is 5.58. The molecule has 1 aliphatic rings. The van der Waals surface area contributed by atoms with Crippen molar-refractivity contribution in [1.82, 2.24) is 14.9 Å². The van der Waals surface area contributed by atoms with Crippen LogP contribution in [0.1, 0.15) is 39.1 Å². The van der Waals surface area contributed by atoms with E-state index in [0.29, 0.717) is 36.9 Å². The van der Waals surface area contributed by atoms with Gasteiger partial charge >= 0.3 is 0 Å². The minimum Gasteiger partial charge on any atom is -0.368 e. The summed E-state index contributed by atoms with van der Waals surface area (Å²) in [5.41, 5.74) is 2.44. The van der Waals surface area contributed by atoms with Gasteiger partial charge in [-0.15, -0.1) is 11.3 Å². The van der Waals surface area contributed by atoms with Gasteiger partial charge in [-0.3, -0.25) is 4.79 Å². The van der Waals surface area contributed by atoms with Gasteiger partial charge < -0.3 is 19.4 Å². The Bertz CT molecular complexity index is 1090. The molecule has 4 rings (SSSR count). The normalized spacial score (nSPS) is 15.0. The number of amides is 1. The smallest absolute Gasteiger partial charge is 0.263 e. The van der Waals surface area contributed by atoms with Crippen LogP contribution in [0.3, 0.4) is 0 Å². The summed E-state index contributed by atoms with van der Waals surface area (Å²) in [5, 5.41) is 2.09. The lowest BCUT2D eigenvalue weighted by molar-refractivity contribution is 0.0319.